The van der Waals surface area contributed by atoms with Crippen LogP contribution in [0.15, 0.2) is 132 Å². The monoisotopic (exact) mass is 686 g/mol. The highest BCUT2D eigenvalue weighted by atomic mass is 16.6. The lowest BCUT2D eigenvalue weighted by Crippen LogP contribution is -2.28. The van der Waals surface area contributed by atoms with Crippen molar-refractivity contribution in [2.75, 3.05) is 7.11 Å². The predicted molar refractivity (Wildman–Crippen MR) is 189 cm³/mol. The van der Waals surface area contributed by atoms with Gasteiger partial charge in [-0.2, -0.15) is 0 Å². The average Bonchev–Trinajstić information content (AvgIpc) is 3.63. The Hall–Kier alpha value is -7.20. The summed E-state index contributed by atoms with van der Waals surface area (Å²) in [6.45, 7) is 0. The molecule has 10 heteroatoms. The summed E-state index contributed by atoms with van der Waals surface area (Å²) in [7, 11) is 1.24. The van der Waals surface area contributed by atoms with Crippen LogP contribution in [0.5, 0.6) is 23.0 Å². The van der Waals surface area contributed by atoms with Crippen LogP contribution in [-0.4, -0.2) is 19.4 Å². The van der Waals surface area contributed by atoms with Crippen molar-refractivity contribution < 1.29 is 37.1 Å². The number of hydrogen-bond donors (Lipinski definition) is 0. The molecule has 2 aromatic heterocycles. The summed E-state index contributed by atoms with van der Waals surface area (Å²) in [6.07, 6.45) is 0.571. The van der Waals surface area contributed by atoms with E-state index in [1.165, 1.54) is 31.4 Å². The number of furan rings is 1. The molecule has 0 N–H and O–H groups in total. The van der Waals surface area contributed by atoms with Gasteiger partial charge in [0, 0.05) is 17.7 Å². The Morgan fingerprint density at radius 1 is 0.596 bits per heavy atom. The number of carbonyl (C=O) groups is 2. The number of esters is 1. The molecule has 0 fully saturated rings. The lowest BCUT2D eigenvalue weighted by atomic mass is 9.67. The lowest BCUT2D eigenvalue weighted by molar-refractivity contribution is 0.0598. The first-order valence-electron chi connectivity index (χ1n) is 16.2. The first kappa shape index (κ1) is 29.7. The molecule has 0 spiro atoms. The van der Waals surface area contributed by atoms with Crippen LogP contribution in [0.4, 0.5) is 0 Å². The topological polar surface area (TPSA) is 135 Å². The molecule has 10 rings (SSSR count). The third-order valence-electron chi connectivity index (χ3n) is 9.94. The molecule has 0 atom stereocenters. The second-order valence-electron chi connectivity index (χ2n) is 12.6. The number of benzene rings is 6. The highest BCUT2D eigenvalue weighted by Gasteiger charge is 2.47. The van der Waals surface area contributed by atoms with E-state index >= 15 is 0 Å². The fraction of sp³-hybridized carbons (Fsp3) is 0.0476. The van der Waals surface area contributed by atoms with E-state index in [-0.39, 0.29) is 39.0 Å². The number of ether oxygens (including phenoxy) is 3. The third-order valence-corrected chi connectivity index (χ3v) is 9.94. The number of rotatable bonds is 4. The molecule has 0 radical (unpaired) electrons. The van der Waals surface area contributed by atoms with Crippen LogP contribution in [0, 0.1) is 0 Å². The van der Waals surface area contributed by atoms with E-state index < -0.39 is 22.6 Å². The maximum atomic E-state index is 12.4. The second kappa shape index (κ2) is 10.6. The minimum Gasteiger partial charge on any atom is -0.465 e. The summed E-state index contributed by atoms with van der Waals surface area (Å²) in [6, 6.07) is 33.7. The minimum absolute atomic E-state index is 0.0667. The second-order valence-corrected chi connectivity index (χ2v) is 12.6. The van der Waals surface area contributed by atoms with Crippen molar-refractivity contribution in [2.45, 2.75) is 5.41 Å². The van der Waals surface area contributed by atoms with Crippen LogP contribution in [0.2, 0.25) is 0 Å². The zero-order chi connectivity index (χ0) is 35.3. The molecule has 1 aliphatic heterocycles. The molecule has 0 unspecified atom stereocenters. The Bertz CT molecular complexity index is 2950. The van der Waals surface area contributed by atoms with Gasteiger partial charge < -0.3 is 27.5 Å². The maximum Gasteiger partial charge on any atom is 0.347 e. The molecular formula is C42H22O10. The van der Waals surface area contributed by atoms with Crippen molar-refractivity contribution in [1.29, 1.82) is 0 Å². The normalized spacial score (nSPS) is 13.5. The number of methoxy groups -OCH3 is 1. The van der Waals surface area contributed by atoms with Gasteiger partial charge in [0.25, 0.3) is 0 Å². The average molecular weight is 687 g/mol. The van der Waals surface area contributed by atoms with Gasteiger partial charge in [0.15, 0.2) is 51.6 Å². The van der Waals surface area contributed by atoms with Crippen molar-refractivity contribution in [3.05, 3.63) is 163 Å². The van der Waals surface area contributed by atoms with Crippen molar-refractivity contribution >= 4 is 45.4 Å². The van der Waals surface area contributed by atoms with Crippen LogP contribution < -0.4 is 20.7 Å². The molecule has 8 aromatic rings. The molecular weight excluding hydrogens is 664 g/mol. The van der Waals surface area contributed by atoms with E-state index in [4.69, 9.17) is 27.5 Å². The van der Waals surface area contributed by atoms with Crippen molar-refractivity contribution in [3.8, 4) is 34.1 Å². The Kier molecular flexibility index (Phi) is 6.08. The molecule has 0 saturated heterocycles. The Morgan fingerprint density at radius 2 is 1.15 bits per heavy atom. The zero-order valence-corrected chi connectivity index (χ0v) is 27.1. The molecule has 2 aliphatic rings. The Morgan fingerprint density at radius 3 is 1.83 bits per heavy atom. The van der Waals surface area contributed by atoms with E-state index in [1.54, 1.807) is 0 Å². The largest absolute Gasteiger partial charge is 0.465 e. The highest BCUT2D eigenvalue weighted by molar-refractivity contribution is 5.99. The van der Waals surface area contributed by atoms with Gasteiger partial charge in [-0.05, 0) is 69.8 Å². The SMILES string of the molecule is COC(=O)c1cc2c(cc1C=O)Oc1cc(C3(c4ccc5oc6cc7c(=O)oc(=O)c7cc6oc5c4)c4ccccc4-c4ccccc43)ccc1O2. The fourth-order valence-electron chi connectivity index (χ4n) is 7.68. The minimum atomic E-state index is -0.888. The van der Waals surface area contributed by atoms with Gasteiger partial charge in [0.05, 0.1) is 28.9 Å². The molecule has 10 nitrogen and oxygen atoms in total. The van der Waals surface area contributed by atoms with Gasteiger partial charge in [0.1, 0.15) is 0 Å². The first-order chi connectivity index (χ1) is 25.4. The molecule has 0 bridgehead atoms. The van der Waals surface area contributed by atoms with Crippen LogP contribution in [-0.2, 0) is 10.2 Å². The van der Waals surface area contributed by atoms with Gasteiger partial charge in [-0.25, -0.2) is 14.4 Å². The Labute approximate surface area is 292 Å². The molecule has 0 amide bonds. The number of aldehydes is 1. The first-order valence-corrected chi connectivity index (χ1v) is 16.2. The van der Waals surface area contributed by atoms with Crippen LogP contribution in [0.1, 0.15) is 43.0 Å². The molecule has 1 aliphatic carbocycles. The number of hydrogen-bond acceptors (Lipinski definition) is 10. The Balaban J connectivity index is 1.20. The maximum absolute atomic E-state index is 12.4. The predicted octanol–water partition coefficient (Wildman–Crippen LogP) is 8.51. The van der Waals surface area contributed by atoms with Crippen LogP contribution in [0.25, 0.3) is 44.2 Å². The summed E-state index contributed by atoms with van der Waals surface area (Å²) in [4.78, 5) is 48.9. The molecule has 52 heavy (non-hydrogen) atoms. The quantitative estimate of drug-likeness (QED) is 0.101. The van der Waals surface area contributed by atoms with Gasteiger partial charge in [0.2, 0.25) is 0 Å². The van der Waals surface area contributed by atoms with Gasteiger partial charge >= 0.3 is 17.2 Å². The van der Waals surface area contributed by atoms with E-state index in [0.29, 0.717) is 34.5 Å². The van der Waals surface area contributed by atoms with Gasteiger partial charge in [-0.15, -0.1) is 0 Å². The van der Waals surface area contributed by atoms with Crippen LogP contribution >= 0.6 is 0 Å². The van der Waals surface area contributed by atoms with Gasteiger partial charge in [-0.3, -0.25) is 4.79 Å². The summed E-state index contributed by atoms with van der Waals surface area (Å²) >= 11 is 0. The molecule has 6 aromatic carbocycles. The van der Waals surface area contributed by atoms with Crippen molar-refractivity contribution in [3.63, 3.8) is 0 Å². The summed E-state index contributed by atoms with van der Waals surface area (Å²) in [5, 5.41) is 0.236. The lowest BCUT2D eigenvalue weighted by Gasteiger charge is -2.34. The smallest absolute Gasteiger partial charge is 0.347 e. The van der Waals surface area contributed by atoms with E-state index in [1.807, 2.05) is 60.7 Å². The van der Waals surface area contributed by atoms with E-state index in [2.05, 4.69) is 24.3 Å². The molecule has 0 saturated carbocycles. The molecule has 3 heterocycles. The van der Waals surface area contributed by atoms with Crippen molar-refractivity contribution in [2.24, 2.45) is 0 Å². The zero-order valence-electron chi connectivity index (χ0n) is 27.1. The van der Waals surface area contributed by atoms with Crippen molar-refractivity contribution in [1.82, 2.24) is 0 Å². The highest BCUT2D eigenvalue weighted by Crippen LogP contribution is 2.58. The summed E-state index contributed by atoms with van der Waals surface area (Å²) < 4.78 is 34.8. The number of fused-ring (bicyclic) bond motifs is 8. The van der Waals surface area contributed by atoms with E-state index in [0.717, 1.165) is 33.4 Å². The third kappa shape index (κ3) is 4.00. The standard InChI is InChI=1S/C42H22O10/c1-47-39(44)26-17-36-33(14-21(26)20-43)50-34-15-22(10-12-31(34)48-36)42(29-8-4-2-6-24(29)25-7-3-5-9-30(25)42)23-11-13-32-35(16-23)51-38-19-28-27(18-37(38)49-32)40(45)52-41(28)46/h2-20H,1H3. The van der Waals surface area contributed by atoms with Gasteiger partial charge in [-0.1, -0.05) is 60.7 Å². The molecule has 250 valence electrons. The van der Waals surface area contributed by atoms with Crippen LogP contribution in [0.3, 0.4) is 0 Å². The summed E-state index contributed by atoms with van der Waals surface area (Å²) in [5.41, 5.74) is 5.11. The number of carbonyl (C=O) groups excluding carboxylic acids is 2. The fourth-order valence-corrected chi connectivity index (χ4v) is 7.68. The van der Waals surface area contributed by atoms with E-state index in [9.17, 15) is 19.2 Å². The summed E-state index contributed by atoms with van der Waals surface area (Å²) in [5.74, 6) is 0.711.